The number of imidazole rings is 1. The van der Waals surface area contributed by atoms with Gasteiger partial charge in [0.1, 0.15) is 30.2 Å². The number of phosphoric acid groups is 1. The van der Waals surface area contributed by atoms with E-state index in [2.05, 4.69) is 23.8 Å². The van der Waals surface area contributed by atoms with Crippen LogP contribution in [0.15, 0.2) is 12.7 Å². The topological polar surface area (TPSA) is 396 Å². The van der Waals surface area contributed by atoms with Gasteiger partial charge in [-0.3, -0.25) is 18.2 Å². The van der Waals surface area contributed by atoms with Gasteiger partial charge in [-0.15, -0.1) is 0 Å². The molecule has 0 saturated carbocycles. The molecule has 3 rings (SSSR count). The summed E-state index contributed by atoms with van der Waals surface area (Å²) in [5, 5.41) is 20.5. The van der Waals surface area contributed by atoms with E-state index < -0.39 is 60.1 Å². The molecule has 16 N–H and O–H groups in total. The van der Waals surface area contributed by atoms with Gasteiger partial charge in [-0.05, 0) is 0 Å². The number of hydrogen-bond acceptors (Lipinski definition) is 12. The number of aromatic nitrogens is 4. The van der Waals surface area contributed by atoms with Gasteiger partial charge >= 0.3 is 23.0 Å². The van der Waals surface area contributed by atoms with E-state index in [1.165, 1.54) is 10.9 Å². The number of nitrogens with zero attached hydrogens (tertiary/aromatic N) is 4. The number of rotatable bonds is 8. The molecule has 2 aromatic rings. The molecule has 3 heterocycles. The van der Waals surface area contributed by atoms with Crippen LogP contribution >= 0.6 is 23.0 Å². The minimum absolute atomic E-state index is 0. The molecule has 25 heteroatoms. The fraction of sp³-hybridized carbons (Fsp3) is 0.545. The van der Waals surface area contributed by atoms with Crippen molar-refractivity contribution in [3.63, 3.8) is 0 Å². The molecule has 0 spiro atoms. The van der Waals surface area contributed by atoms with E-state index >= 15 is 0 Å². The summed E-state index contributed by atoms with van der Waals surface area (Å²) in [6, 6.07) is 0. The summed E-state index contributed by atoms with van der Waals surface area (Å²) >= 11 is 0. The number of hydrogen-bond donors (Lipinski definition) is 7. The molecule has 1 aliphatic heterocycles. The predicted molar refractivity (Wildman–Crippen MR) is 114 cm³/mol. The Labute approximate surface area is 211 Å². The second-order valence-corrected chi connectivity index (χ2v) is 12.0. The van der Waals surface area contributed by atoms with Crippen LogP contribution in [0.3, 0.4) is 0 Å². The molecule has 0 aromatic carbocycles. The fourth-order valence-corrected chi connectivity index (χ4v) is 7.11. The van der Waals surface area contributed by atoms with E-state index in [0.717, 1.165) is 6.33 Å². The Bertz CT molecular complexity index is 1120. The van der Waals surface area contributed by atoms with Crippen LogP contribution in [0.25, 0.3) is 11.2 Å². The van der Waals surface area contributed by atoms with Gasteiger partial charge in [0, 0.05) is 17.4 Å². The quantitative estimate of drug-likeness (QED) is 0.135. The summed E-state index contributed by atoms with van der Waals surface area (Å²) in [6.07, 6.45) is -3.54. The molecule has 1 aliphatic rings. The molecule has 0 amide bonds. The first-order valence-electron chi connectivity index (χ1n) is 8.19. The number of anilines is 1. The van der Waals surface area contributed by atoms with Crippen LogP contribution in [0.1, 0.15) is 6.23 Å². The number of phosphoric ester groups is 1. The summed E-state index contributed by atoms with van der Waals surface area (Å²) in [5.41, 5.74) is 6.04. The maximum absolute atomic E-state index is 11.9. The van der Waals surface area contributed by atoms with Crippen molar-refractivity contribution in [2.24, 2.45) is 0 Å². The second-order valence-electron chi connectivity index (χ2n) is 6.42. The number of nitrogen functional groups attached to an aromatic ring is 1. The molecular weight excluding hydrogens is 603 g/mol. The summed E-state index contributed by atoms with van der Waals surface area (Å²) in [5.74, 6) is -1.66. The van der Waals surface area contributed by atoms with Gasteiger partial charge < -0.3 is 62.2 Å². The molecule has 0 aliphatic carbocycles. The van der Waals surface area contributed by atoms with Crippen LogP contribution in [-0.2, 0) is 44.6 Å². The normalized spacial score (nSPS) is 24.5. The molecule has 21 nitrogen and oxygen atoms in total. The number of nitrogens with two attached hydrogens (primary N) is 1. The Balaban J connectivity index is -0.00000218. The molecular formula is C11H26CrN5O16P3. The zero-order valence-corrected chi connectivity index (χ0v) is 21.6. The molecule has 1 saturated heterocycles. The first-order valence-corrected chi connectivity index (χ1v) is 13.2. The van der Waals surface area contributed by atoms with Gasteiger partial charge in [-0.2, -0.15) is 0 Å². The van der Waals surface area contributed by atoms with E-state index in [1.54, 1.807) is 0 Å². The Morgan fingerprint density at radius 2 is 1.58 bits per heavy atom. The first kappa shape index (κ1) is 39.6. The van der Waals surface area contributed by atoms with E-state index in [1.807, 2.05) is 0 Å². The fourth-order valence-electron chi connectivity index (χ4n) is 2.76. The Hall–Kier alpha value is -0.948. The summed E-state index contributed by atoms with van der Waals surface area (Å²) in [6.45, 7) is -0.901. The molecule has 2 aromatic heterocycles. The maximum Gasteiger partial charge on any atom is 0.479 e. The maximum atomic E-state index is 11.9. The van der Waals surface area contributed by atoms with Crippen molar-refractivity contribution in [1.82, 2.24) is 19.5 Å². The predicted octanol–water partition coefficient (Wildman–Crippen LogP) is -4.82. The summed E-state index contributed by atoms with van der Waals surface area (Å²) in [4.78, 5) is 48.0. The van der Waals surface area contributed by atoms with Crippen molar-refractivity contribution >= 4 is 40.0 Å². The third kappa shape index (κ3) is 9.42. The van der Waals surface area contributed by atoms with Gasteiger partial charge in [0.25, 0.3) is 0 Å². The summed E-state index contributed by atoms with van der Waals surface area (Å²) < 4.78 is 49.4. The average Bonchev–Trinajstić information content (AvgIpc) is 3.13. The number of aliphatic hydroxyl groups excluding tert-OH is 2. The van der Waals surface area contributed by atoms with E-state index in [9.17, 15) is 33.7 Å². The van der Waals surface area contributed by atoms with E-state index in [0.29, 0.717) is 0 Å². The number of aliphatic hydroxyl groups is 2. The smallest absolute Gasteiger partial charge is 0.412 e. The first-order chi connectivity index (χ1) is 14.2. The van der Waals surface area contributed by atoms with Crippen LogP contribution in [0.5, 0.6) is 0 Å². The van der Waals surface area contributed by atoms with Crippen molar-refractivity contribution in [2.45, 2.75) is 24.5 Å². The van der Waals surface area contributed by atoms with Crippen molar-refractivity contribution < 1.29 is 96.3 Å². The number of fused-ring (bicyclic) bond motifs is 1. The van der Waals surface area contributed by atoms with Gasteiger partial charge in [0.05, 0.1) is 12.9 Å². The largest absolute Gasteiger partial charge is 0.479 e. The minimum atomic E-state index is -5.31. The number of ether oxygens (including phenoxy) is 1. The van der Waals surface area contributed by atoms with Crippen LogP contribution < -0.4 is 5.73 Å². The Morgan fingerprint density at radius 3 is 2.14 bits per heavy atom. The molecule has 2 unspecified atom stereocenters. The molecule has 212 valence electrons. The van der Waals surface area contributed by atoms with Crippen LogP contribution in [0.4, 0.5) is 5.82 Å². The standard InChI is InChI=1S/C11H18N5O12P3.Cr.4H2O/c12-9-6-10(14-2-13-9)16(3-15-6)11-8(18)7(17)5(27-11)1-26-31(24,25)28-30(22,23)4-29(19,20)21;;;;;/h2-3,5,7-8,11,17-18H,1,4H2,(H,22,23)(H,24,25)(H2,12,13,14)(H2,19,20,21);;4*1H2/t5-,7-,8-,11-;;;;;/m1...../s1. The Morgan fingerprint density at radius 1 is 1.00 bits per heavy atom. The van der Waals surface area contributed by atoms with Crippen LogP contribution in [-0.4, -0.2) is 102 Å². The zero-order valence-electron chi connectivity index (χ0n) is 17.6. The summed E-state index contributed by atoms with van der Waals surface area (Å²) in [7, 11) is -15.6. The van der Waals surface area contributed by atoms with Crippen molar-refractivity contribution in [1.29, 1.82) is 0 Å². The zero-order chi connectivity index (χ0) is 23.2. The van der Waals surface area contributed by atoms with Crippen LogP contribution in [0.2, 0.25) is 0 Å². The molecule has 6 atom stereocenters. The third-order valence-corrected chi connectivity index (χ3v) is 9.22. The Kier molecular flexibility index (Phi) is 15.7. The minimum Gasteiger partial charge on any atom is -0.412 e. The van der Waals surface area contributed by atoms with Crippen molar-refractivity contribution in [2.75, 3.05) is 18.2 Å². The van der Waals surface area contributed by atoms with Crippen molar-refractivity contribution in [3.05, 3.63) is 12.7 Å². The van der Waals surface area contributed by atoms with Gasteiger partial charge in [0.15, 0.2) is 23.6 Å². The average molecular weight is 629 g/mol. The molecule has 0 bridgehead atoms. The van der Waals surface area contributed by atoms with Crippen LogP contribution in [0, 0.1) is 0 Å². The molecule has 1 fully saturated rings. The SMILES string of the molecule is Nc1ncnc2c1ncn2[C@@H]1O[C@H](COP(=O)(O)OP(=O)(O)CP(=O)(O)O)[C@@H](O)[C@H]1O.O.O.O.O.[Cr]. The monoisotopic (exact) mass is 629 g/mol. The van der Waals surface area contributed by atoms with Gasteiger partial charge in [0.2, 0.25) is 0 Å². The van der Waals surface area contributed by atoms with Gasteiger partial charge in [-0.1, -0.05) is 0 Å². The van der Waals surface area contributed by atoms with Crippen molar-refractivity contribution in [3.8, 4) is 0 Å². The molecule has 0 radical (unpaired) electrons. The van der Waals surface area contributed by atoms with E-state index in [-0.39, 0.29) is 56.2 Å². The van der Waals surface area contributed by atoms with Gasteiger partial charge in [-0.25, -0.2) is 23.8 Å². The third-order valence-electron chi connectivity index (χ3n) is 3.99. The molecule has 36 heavy (non-hydrogen) atoms. The van der Waals surface area contributed by atoms with E-state index in [4.69, 9.17) is 20.3 Å². The second kappa shape index (κ2) is 14.3.